The van der Waals surface area contributed by atoms with Crippen LogP contribution in [0.2, 0.25) is 0 Å². The third-order valence-electron chi connectivity index (χ3n) is 4.04. The van der Waals surface area contributed by atoms with Gasteiger partial charge in [-0.3, -0.25) is 4.79 Å². The molecule has 1 atom stereocenters. The average Bonchev–Trinajstić information content (AvgIpc) is 2.68. The maximum atomic E-state index is 12.6. The van der Waals surface area contributed by atoms with Crippen LogP contribution >= 0.6 is 0 Å². The number of nitrogens with one attached hydrogen (secondary N) is 1. The van der Waals surface area contributed by atoms with Crippen molar-refractivity contribution in [3.63, 3.8) is 0 Å². The predicted octanol–water partition coefficient (Wildman–Crippen LogP) is 1.79. The van der Waals surface area contributed by atoms with Crippen molar-refractivity contribution in [1.29, 1.82) is 0 Å². The number of amides is 1. The highest BCUT2D eigenvalue weighted by Gasteiger charge is 2.24. The number of ether oxygens (including phenoxy) is 2. The van der Waals surface area contributed by atoms with Gasteiger partial charge < -0.3 is 24.8 Å². The van der Waals surface area contributed by atoms with Gasteiger partial charge in [0.1, 0.15) is 12.4 Å². The number of hydrogen-bond acceptors (Lipinski definition) is 6. The van der Waals surface area contributed by atoms with Gasteiger partial charge in [-0.15, -0.1) is 0 Å². The number of aliphatic hydroxyl groups is 1. The largest absolute Gasteiger partial charge is 0.486 e. The van der Waals surface area contributed by atoms with Crippen LogP contribution in [-0.4, -0.2) is 60.4 Å². The monoisotopic (exact) mass is 357 g/mol. The standard InChI is InChI=1S/C19H23N3O4/c1-22(12-15-13-25-16-5-2-3-6-17(16)26-15)19(24)14-7-8-18(21-11-14)20-9-4-10-23/h2-3,5-8,11,15,23H,4,9-10,12-13H2,1H3,(H,20,21)/t15-/m1/s1. The van der Waals surface area contributed by atoms with E-state index in [-0.39, 0.29) is 18.6 Å². The number of carbonyl (C=O) groups is 1. The first kappa shape index (κ1) is 18.0. The minimum Gasteiger partial charge on any atom is -0.486 e. The molecule has 0 saturated carbocycles. The third kappa shape index (κ3) is 4.43. The summed E-state index contributed by atoms with van der Waals surface area (Å²) < 4.78 is 11.6. The molecular formula is C19H23N3O4. The van der Waals surface area contributed by atoms with Crippen molar-refractivity contribution in [3.05, 3.63) is 48.2 Å². The molecule has 0 unspecified atom stereocenters. The maximum Gasteiger partial charge on any atom is 0.255 e. The SMILES string of the molecule is CN(C[C@@H]1COc2ccccc2O1)C(=O)c1ccc(NCCCO)nc1. The fourth-order valence-corrected chi connectivity index (χ4v) is 2.68. The molecule has 0 aliphatic carbocycles. The Morgan fingerprint density at radius 2 is 2.12 bits per heavy atom. The first-order valence-corrected chi connectivity index (χ1v) is 8.62. The third-order valence-corrected chi connectivity index (χ3v) is 4.04. The lowest BCUT2D eigenvalue weighted by Gasteiger charge is -2.29. The highest BCUT2D eigenvalue weighted by atomic mass is 16.6. The Labute approximate surface area is 152 Å². The predicted molar refractivity (Wildman–Crippen MR) is 97.7 cm³/mol. The van der Waals surface area contributed by atoms with Crippen LogP contribution in [0.1, 0.15) is 16.8 Å². The minimum atomic E-state index is -0.216. The molecule has 0 fully saturated rings. The number of aromatic nitrogens is 1. The number of aliphatic hydroxyl groups excluding tert-OH is 1. The van der Waals surface area contributed by atoms with Crippen molar-refractivity contribution >= 4 is 11.7 Å². The summed E-state index contributed by atoms with van der Waals surface area (Å²) in [4.78, 5) is 18.4. The van der Waals surface area contributed by atoms with Gasteiger partial charge in [-0.25, -0.2) is 4.98 Å². The number of para-hydroxylation sites is 2. The molecule has 1 aromatic heterocycles. The Morgan fingerprint density at radius 1 is 1.31 bits per heavy atom. The summed E-state index contributed by atoms with van der Waals surface area (Å²) in [5, 5.41) is 11.9. The van der Waals surface area contributed by atoms with Gasteiger partial charge in [-0.2, -0.15) is 0 Å². The van der Waals surface area contributed by atoms with Gasteiger partial charge in [0.05, 0.1) is 12.1 Å². The number of nitrogens with zero attached hydrogens (tertiary/aromatic N) is 2. The van der Waals surface area contributed by atoms with Crippen molar-refractivity contribution in [1.82, 2.24) is 9.88 Å². The quantitative estimate of drug-likeness (QED) is 0.735. The Morgan fingerprint density at radius 3 is 2.85 bits per heavy atom. The number of hydrogen-bond donors (Lipinski definition) is 2. The lowest BCUT2D eigenvalue weighted by atomic mass is 10.2. The van der Waals surface area contributed by atoms with E-state index < -0.39 is 0 Å². The molecule has 0 radical (unpaired) electrons. The van der Waals surface area contributed by atoms with Crippen LogP contribution < -0.4 is 14.8 Å². The van der Waals surface area contributed by atoms with E-state index in [1.807, 2.05) is 24.3 Å². The summed E-state index contributed by atoms with van der Waals surface area (Å²) in [5.74, 6) is 1.98. The summed E-state index contributed by atoms with van der Waals surface area (Å²) in [6.45, 7) is 1.59. The lowest BCUT2D eigenvalue weighted by molar-refractivity contribution is 0.0520. The van der Waals surface area contributed by atoms with Crippen molar-refractivity contribution < 1.29 is 19.4 Å². The van der Waals surface area contributed by atoms with Gasteiger partial charge in [0, 0.05) is 26.4 Å². The van der Waals surface area contributed by atoms with E-state index in [4.69, 9.17) is 14.6 Å². The lowest BCUT2D eigenvalue weighted by Crippen LogP contribution is -2.41. The normalized spacial score (nSPS) is 15.4. The Hall–Kier alpha value is -2.80. The number of anilines is 1. The van der Waals surface area contributed by atoms with E-state index >= 15 is 0 Å². The summed E-state index contributed by atoms with van der Waals surface area (Å²) in [5.41, 5.74) is 0.511. The van der Waals surface area contributed by atoms with Crippen LogP contribution in [0.15, 0.2) is 42.6 Å². The molecule has 2 N–H and O–H groups in total. The fraction of sp³-hybridized carbons (Fsp3) is 0.368. The molecule has 0 bridgehead atoms. The van der Waals surface area contributed by atoms with E-state index in [1.165, 1.54) is 0 Å². The smallest absolute Gasteiger partial charge is 0.255 e. The number of fused-ring (bicyclic) bond motifs is 1. The molecule has 26 heavy (non-hydrogen) atoms. The van der Waals surface area contributed by atoms with Crippen LogP contribution in [-0.2, 0) is 0 Å². The molecule has 2 heterocycles. The second-order valence-electron chi connectivity index (χ2n) is 6.12. The zero-order valence-corrected chi connectivity index (χ0v) is 14.7. The van der Waals surface area contributed by atoms with Gasteiger partial charge in [0.25, 0.3) is 5.91 Å². The molecule has 7 heteroatoms. The first-order valence-electron chi connectivity index (χ1n) is 8.62. The molecule has 0 saturated heterocycles. The van der Waals surface area contributed by atoms with Crippen molar-refractivity contribution in [2.75, 3.05) is 38.7 Å². The highest BCUT2D eigenvalue weighted by Crippen LogP contribution is 2.31. The number of likely N-dealkylation sites (N-methyl/N-ethyl adjacent to an activating group) is 1. The highest BCUT2D eigenvalue weighted by molar-refractivity contribution is 5.93. The fourth-order valence-electron chi connectivity index (χ4n) is 2.68. The van der Waals surface area contributed by atoms with Crippen molar-refractivity contribution in [2.24, 2.45) is 0 Å². The van der Waals surface area contributed by atoms with Gasteiger partial charge >= 0.3 is 0 Å². The Balaban J connectivity index is 1.55. The first-order chi connectivity index (χ1) is 12.7. The average molecular weight is 357 g/mol. The second-order valence-corrected chi connectivity index (χ2v) is 6.12. The van der Waals surface area contributed by atoms with Crippen LogP contribution in [0.25, 0.3) is 0 Å². The van der Waals surface area contributed by atoms with Gasteiger partial charge in [-0.05, 0) is 30.7 Å². The zero-order chi connectivity index (χ0) is 18.4. The van der Waals surface area contributed by atoms with Gasteiger partial charge in [-0.1, -0.05) is 12.1 Å². The van der Waals surface area contributed by atoms with E-state index in [1.54, 1.807) is 30.3 Å². The molecule has 3 rings (SSSR count). The number of benzene rings is 1. The molecule has 1 aliphatic rings. The second kappa shape index (κ2) is 8.53. The zero-order valence-electron chi connectivity index (χ0n) is 14.7. The van der Waals surface area contributed by atoms with Crippen LogP contribution in [0.4, 0.5) is 5.82 Å². The van der Waals surface area contributed by atoms with Crippen molar-refractivity contribution in [3.8, 4) is 11.5 Å². The van der Waals surface area contributed by atoms with Gasteiger partial charge in [0.15, 0.2) is 17.6 Å². The van der Waals surface area contributed by atoms with Crippen molar-refractivity contribution in [2.45, 2.75) is 12.5 Å². The van der Waals surface area contributed by atoms with E-state index in [2.05, 4.69) is 10.3 Å². The van der Waals surface area contributed by atoms with E-state index in [9.17, 15) is 4.79 Å². The molecule has 1 aliphatic heterocycles. The minimum absolute atomic E-state index is 0.123. The van der Waals surface area contributed by atoms with Crippen LogP contribution in [0.3, 0.4) is 0 Å². The molecule has 0 spiro atoms. The number of carbonyl (C=O) groups excluding carboxylic acids is 1. The van der Waals surface area contributed by atoms with Crippen LogP contribution in [0.5, 0.6) is 11.5 Å². The molecule has 1 aromatic carbocycles. The van der Waals surface area contributed by atoms with E-state index in [0.717, 1.165) is 5.75 Å². The van der Waals surface area contributed by atoms with Gasteiger partial charge in [0.2, 0.25) is 0 Å². The maximum absolute atomic E-state index is 12.6. The molecular weight excluding hydrogens is 334 g/mol. The number of pyridine rings is 1. The Bertz CT molecular complexity index is 736. The Kier molecular flexibility index (Phi) is 5.91. The van der Waals surface area contributed by atoms with E-state index in [0.29, 0.717) is 43.2 Å². The van der Waals surface area contributed by atoms with Crippen LogP contribution in [0, 0.1) is 0 Å². The number of rotatable bonds is 7. The molecule has 138 valence electrons. The molecule has 2 aromatic rings. The summed E-state index contributed by atoms with van der Waals surface area (Å²) in [6, 6.07) is 11.0. The summed E-state index contributed by atoms with van der Waals surface area (Å²) in [7, 11) is 1.74. The molecule has 7 nitrogen and oxygen atoms in total. The summed E-state index contributed by atoms with van der Waals surface area (Å²) >= 11 is 0. The topological polar surface area (TPSA) is 83.9 Å². The molecule has 1 amide bonds. The summed E-state index contributed by atoms with van der Waals surface area (Å²) in [6.07, 6.45) is 1.98.